The Bertz CT molecular complexity index is 640. The summed E-state index contributed by atoms with van der Waals surface area (Å²) in [6.07, 6.45) is 2.07. The van der Waals surface area contributed by atoms with Crippen molar-refractivity contribution in [1.82, 2.24) is 0 Å². The summed E-state index contributed by atoms with van der Waals surface area (Å²) < 4.78 is 18.5. The topological polar surface area (TPSA) is 21.3 Å². The lowest BCUT2D eigenvalue weighted by molar-refractivity contribution is 0.373. The van der Waals surface area contributed by atoms with E-state index in [4.69, 9.17) is 16.3 Å². The van der Waals surface area contributed by atoms with E-state index in [2.05, 4.69) is 11.4 Å². The summed E-state index contributed by atoms with van der Waals surface area (Å²) in [5.41, 5.74) is 2.07. The van der Waals surface area contributed by atoms with Crippen LogP contribution in [0.1, 0.15) is 24.3 Å². The van der Waals surface area contributed by atoms with Gasteiger partial charge in [0.2, 0.25) is 0 Å². The summed E-state index contributed by atoms with van der Waals surface area (Å²) in [6, 6.07) is 13.3. The Kier molecular flexibility index (Phi) is 4.02. The molecule has 0 atom stereocenters. The molecule has 1 aliphatic rings. The van der Waals surface area contributed by atoms with E-state index in [9.17, 15) is 4.39 Å². The predicted molar refractivity (Wildman–Crippen MR) is 83.8 cm³/mol. The van der Waals surface area contributed by atoms with Gasteiger partial charge in [0.1, 0.15) is 0 Å². The van der Waals surface area contributed by atoms with Crippen LogP contribution in [0.25, 0.3) is 0 Å². The molecule has 2 aromatic rings. The second-order valence-corrected chi connectivity index (χ2v) is 5.85. The summed E-state index contributed by atoms with van der Waals surface area (Å²) in [7, 11) is 1.47. The van der Waals surface area contributed by atoms with Gasteiger partial charge in [-0.3, -0.25) is 0 Å². The maximum absolute atomic E-state index is 13.6. The lowest BCUT2D eigenvalue weighted by Gasteiger charge is -2.37. The summed E-state index contributed by atoms with van der Waals surface area (Å²) in [5, 5.41) is 4.14. The van der Waals surface area contributed by atoms with Gasteiger partial charge in [-0.1, -0.05) is 23.7 Å². The van der Waals surface area contributed by atoms with Crippen LogP contribution >= 0.6 is 11.6 Å². The molecule has 1 saturated carbocycles. The fourth-order valence-corrected chi connectivity index (χ4v) is 2.96. The van der Waals surface area contributed by atoms with E-state index in [-0.39, 0.29) is 11.6 Å². The zero-order chi connectivity index (χ0) is 14.8. The van der Waals surface area contributed by atoms with Crippen molar-refractivity contribution in [3.63, 3.8) is 0 Å². The Morgan fingerprint density at radius 2 is 2.00 bits per heavy atom. The Morgan fingerprint density at radius 1 is 1.19 bits per heavy atom. The minimum Gasteiger partial charge on any atom is -0.494 e. The molecule has 4 heteroatoms. The van der Waals surface area contributed by atoms with E-state index in [0.717, 1.165) is 23.6 Å². The van der Waals surface area contributed by atoms with Crippen LogP contribution in [-0.2, 0) is 0 Å². The highest BCUT2D eigenvalue weighted by molar-refractivity contribution is 6.30. The largest absolute Gasteiger partial charge is 0.494 e. The van der Waals surface area contributed by atoms with Gasteiger partial charge in [0, 0.05) is 22.8 Å². The van der Waals surface area contributed by atoms with Gasteiger partial charge in [0.05, 0.1) is 7.11 Å². The van der Waals surface area contributed by atoms with Crippen LogP contribution in [0.15, 0.2) is 42.5 Å². The molecule has 1 N–H and O–H groups in total. The number of hydrogen-bond acceptors (Lipinski definition) is 2. The van der Waals surface area contributed by atoms with Crippen LogP contribution < -0.4 is 10.1 Å². The van der Waals surface area contributed by atoms with Crippen LogP contribution in [0.4, 0.5) is 10.1 Å². The lowest BCUT2D eigenvalue weighted by Crippen LogP contribution is -2.34. The minimum absolute atomic E-state index is 0.269. The highest BCUT2D eigenvalue weighted by Gasteiger charge is 2.30. The van der Waals surface area contributed by atoms with E-state index in [1.807, 2.05) is 24.3 Å². The van der Waals surface area contributed by atoms with Crippen LogP contribution in [0, 0.1) is 5.82 Å². The molecule has 0 radical (unpaired) electrons. The minimum atomic E-state index is -0.340. The second-order valence-electron chi connectivity index (χ2n) is 5.41. The molecule has 0 amide bonds. The fraction of sp³-hybridized carbons (Fsp3) is 0.294. The van der Waals surface area contributed by atoms with Crippen molar-refractivity contribution >= 4 is 17.3 Å². The normalized spacial score (nSPS) is 20.7. The van der Waals surface area contributed by atoms with Crippen molar-refractivity contribution in [3.05, 3.63) is 58.9 Å². The van der Waals surface area contributed by atoms with Crippen LogP contribution in [0.2, 0.25) is 5.02 Å². The van der Waals surface area contributed by atoms with Gasteiger partial charge >= 0.3 is 0 Å². The maximum atomic E-state index is 13.6. The highest BCUT2D eigenvalue weighted by atomic mass is 35.5. The van der Waals surface area contributed by atoms with Crippen LogP contribution in [-0.4, -0.2) is 13.2 Å². The van der Waals surface area contributed by atoms with Gasteiger partial charge in [0.15, 0.2) is 11.6 Å². The van der Waals surface area contributed by atoms with E-state index in [1.165, 1.54) is 18.7 Å². The van der Waals surface area contributed by atoms with Crippen molar-refractivity contribution in [2.24, 2.45) is 0 Å². The van der Waals surface area contributed by atoms with Crippen molar-refractivity contribution < 1.29 is 9.13 Å². The molecule has 110 valence electrons. The fourth-order valence-electron chi connectivity index (χ4n) is 2.76. The molecule has 0 saturated heterocycles. The van der Waals surface area contributed by atoms with Gasteiger partial charge in [0.25, 0.3) is 0 Å². The van der Waals surface area contributed by atoms with Crippen molar-refractivity contribution in [2.45, 2.75) is 24.8 Å². The van der Waals surface area contributed by atoms with Crippen LogP contribution in [0.3, 0.4) is 0 Å². The number of hydrogen-bond donors (Lipinski definition) is 1. The van der Waals surface area contributed by atoms with E-state index >= 15 is 0 Å². The average Bonchev–Trinajstić information content (AvgIpc) is 2.42. The molecule has 0 aromatic heterocycles. The Morgan fingerprint density at radius 3 is 2.67 bits per heavy atom. The summed E-state index contributed by atoms with van der Waals surface area (Å²) in [6.45, 7) is 0. The Balaban J connectivity index is 1.58. The molecule has 3 rings (SSSR count). The first-order valence-electron chi connectivity index (χ1n) is 7.01. The average molecular weight is 306 g/mol. The summed E-state index contributed by atoms with van der Waals surface area (Å²) in [4.78, 5) is 0. The van der Waals surface area contributed by atoms with Gasteiger partial charge in [-0.25, -0.2) is 4.39 Å². The first-order valence-corrected chi connectivity index (χ1v) is 7.39. The van der Waals surface area contributed by atoms with Gasteiger partial charge in [-0.15, -0.1) is 0 Å². The standard InChI is InChI=1S/C17H17ClFNO/c1-21-17-6-5-14(10-16(17)19)20-15-8-12(9-15)11-3-2-4-13(18)7-11/h2-7,10,12,15,20H,8-9H2,1H3. The van der Waals surface area contributed by atoms with Gasteiger partial charge in [-0.2, -0.15) is 0 Å². The SMILES string of the molecule is COc1ccc(NC2CC(c3cccc(Cl)c3)C2)cc1F. The maximum Gasteiger partial charge on any atom is 0.167 e. The zero-order valence-electron chi connectivity index (χ0n) is 11.8. The molecular weight excluding hydrogens is 289 g/mol. The number of ether oxygens (including phenoxy) is 1. The molecule has 0 heterocycles. The number of methoxy groups -OCH3 is 1. The number of nitrogens with one attached hydrogen (secondary N) is 1. The van der Waals surface area contributed by atoms with Crippen molar-refractivity contribution in [1.29, 1.82) is 0 Å². The summed E-state index contributed by atoms with van der Waals surface area (Å²) in [5.74, 6) is 0.462. The molecule has 0 bridgehead atoms. The molecule has 0 aliphatic heterocycles. The van der Waals surface area contributed by atoms with E-state index in [1.54, 1.807) is 6.07 Å². The van der Waals surface area contributed by atoms with Crippen molar-refractivity contribution in [3.8, 4) is 5.75 Å². The number of halogens is 2. The Labute approximate surface area is 128 Å². The molecule has 2 aromatic carbocycles. The molecule has 0 spiro atoms. The molecule has 1 aliphatic carbocycles. The Hall–Kier alpha value is -1.74. The number of rotatable bonds is 4. The summed E-state index contributed by atoms with van der Waals surface area (Å²) >= 11 is 6.01. The second kappa shape index (κ2) is 5.94. The smallest absolute Gasteiger partial charge is 0.167 e. The third kappa shape index (κ3) is 3.13. The van der Waals surface area contributed by atoms with Gasteiger partial charge < -0.3 is 10.1 Å². The quantitative estimate of drug-likeness (QED) is 0.872. The third-order valence-electron chi connectivity index (χ3n) is 3.98. The van der Waals surface area contributed by atoms with Crippen molar-refractivity contribution in [2.75, 3.05) is 12.4 Å². The molecular formula is C17H17ClFNO. The lowest BCUT2D eigenvalue weighted by atomic mass is 9.76. The van der Waals surface area contributed by atoms with Crippen LogP contribution in [0.5, 0.6) is 5.75 Å². The third-order valence-corrected chi connectivity index (χ3v) is 4.22. The molecule has 21 heavy (non-hydrogen) atoms. The number of benzene rings is 2. The molecule has 1 fully saturated rings. The zero-order valence-corrected chi connectivity index (χ0v) is 12.5. The molecule has 2 nitrogen and oxygen atoms in total. The van der Waals surface area contributed by atoms with E-state index < -0.39 is 0 Å². The monoisotopic (exact) mass is 305 g/mol. The first-order chi connectivity index (χ1) is 10.2. The first kappa shape index (κ1) is 14.2. The predicted octanol–water partition coefficient (Wildman–Crippen LogP) is 4.85. The van der Waals surface area contributed by atoms with E-state index in [0.29, 0.717) is 12.0 Å². The number of anilines is 1. The molecule has 0 unspecified atom stereocenters. The highest BCUT2D eigenvalue weighted by Crippen LogP contribution is 2.39. The van der Waals surface area contributed by atoms with Gasteiger partial charge in [-0.05, 0) is 48.6 Å².